The number of aliphatic carboxylic acids is 1. The van der Waals surface area contributed by atoms with E-state index in [1.807, 2.05) is 0 Å². The van der Waals surface area contributed by atoms with Crippen molar-refractivity contribution in [1.29, 1.82) is 0 Å². The number of nitrogens with zero attached hydrogens (tertiary/aromatic N) is 1. The van der Waals surface area contributed by atoms with Crippen molar-refractivity contribution in [1.82, 2.24) is 9.97 Å². The van der Waals surface area contributed by atoms with Gasteiger partial charge in [-0.2, -0.15) is 0 Å². The number of nitrogens with one attached hydrogen (secondary N) is 2. The minimum Gasteiger partial charge on any atom is -0.493 e. The van der Waals surface area contributed by atoms with Crippen LogP contribution in [0.15, 0.2) is 26.2 Å². The second-order valence-electron chi connectivity index (χ2n) is 4.98. The lowest BCUT2D eigenvalue weighted by Crippen LogP contribution is -2.25. The fourth-order valence-corrected chi connectivity index (χ4v) is 2.66. The molecular weight excluding hydrogens is 430 g/mol. The summed E-state index contributed by atoms with van der Waals surface area (Å²) in [5.74, 6) is -0.801. The molecule has 2 rings (SSSR count). The first-order valence-electron chi connectivity index (χ1n) is 7.14. The van der Waals surface area contributed by atoms with Crippen LogP contribution < -0.4 is 20.7 Å². The van der Waals surface area contributed by atoms with E-state index >= 15 is 0 Å². The van der Waals surface area contributed by atoms with E-state index in [1.54, 1.807) is 4.98 Å². The van der Waals surface area contributed by atoms with E-state index < -0.39 is 34.4 Å². The zero-order chi connectivity index (χ0) is 20.1. The topological polar surface area (TPSA) is 165 Å². The van der Waals surface area contributed by atoms with Gasteiger partial charge in [-0.15, -0.1) is 0 Å². The standard InChI is InChI=1S/C15H12BrN3O8/c1-26-10-5-7(4-8(16)13(10)27-6-11(20)21)2-3-9-12(19(24)25)14(22)18-15(23)17-9/h2-5H,6H2,1H3,(H,20,21)(H2,17,18,22,23)/b3-2+. The monoisotopic (exact) mass is 441 g/mol. The molecule has 1 aromatic heterocycles. The first kappa shape index (κ1) is 19.9. The fourth-order valence-electron chi connectivity index (χ4n) is 2.09. The van der Waals surface area contributed by atoms with Gasteiger partial charge in [0.1, 0.15) is 5.69 Å². The number of nitro groups is 1. The maximum absolute atomic E-state index is 11.6. The Morgan fingerprint density at radius 1 is 1.33 bits per heavy atom. The molecule has 0 saturated heterocycles. The van der Waals surface area contributed by atoms with E-state index in [4.69, 9.17) is 14.6 Å². The van der Waals surface area contributed by atoms with Crippen molar-refractivity contribution < 1.29 is 24.3 Å². The Balaban J connectivity index is 2.45. The number of carboxylic acids is 1. The minimum atomic E-state index is -1.17. The van der Waals surface area contributed by atoms with Crippen LogP contribution in [0.3, 0.4) is 0 Å². The number of halogens is 1. The van der Waals surface area contributed by atoms with Gasteiger partial charge in [-0.25, -0.2) is 9.59 Å². The van der Waals surface area contributed by atoms with Crippen LogP contribution >= 0.6 is 15.9 Å². The molecule has 142 valence electrons. The second-order valence-corrected chi connectivity index (χ2v) is 5.83. The number of carboxylic acid groups (broad SMARTS) is 1. The number of carbonyl (C=O) groups is 1. The van der Waals surface area contributed by atoms with Crippen LogP contribution in [-0.4, -0.2) is 39.7 Å². The van der Waals surface area contributed by atoms with Gasteiger partial charge in [-0.05, 0) is 39.7 Å². The van der Waals surface area contributed by atoms with Crippen LogP contribution in [0.2, 0.25) is 0 Å². The molecule has 0 bridgehead atoms. The normalized spacial score (nSPS) is 10.7. The number of H-pyrrole nitrogens is 2. The number of methoxy groups -OCH3 is 1. The molecule has 0 aliphatic carbocycles. The smallest absolute Gasteiger partial charge is 0.357 e. The molecule has 0 spiro atoms. The maximum Gasteiger partial charge on any atom is 0.357 e. The molecule has 1 heterocycles. The molecule has 0 atom stereocenters. The minimum absolute atomic E-state index is 0.160. The summed E-state index contributed by atoms with van der Waals surface area (Å²) in [6.07, 6.45) is 2.58. The molecule has 3 N–H and O–H groups in total. The van der Waals surface area contributed by atoms with Crippen LogP contribution in [-0.2, 0) is 4.79 Å². The third-order valence-electron chi connectivity index (χ3n) is 3.16. The zero-order valence-corrected chi connectivity index (χ0v) is 15.2. The fraction of sp³-hybridized carbons (Fsp3) is 0.133. The molecule has 0 radical (unpaired) electrons. The van der Waals surface area contributed by atoms with Crippen molar-refractivity contribution in [2.24, 2.45) is 0 Å². The Morgan fingerprint density at radius 2 is 2.04 bits per heavy atom. The van der Waals surface area contributed by atoms with E-state index in [2.05, 4.69) is 20.9 Å². The number of aromatic amines is 2. The summed E-state index contributed by atoms with van der Waals surface area (Å²) < 4.78 is 10.7. The van der Waals surface area contributed by atoms with Gasteiger partial charge < -0.3 is 19.6 Å². The van der Waals surface area contributed by atoms with Gasteiger partial charge in [-0.1, -0.05) is 6.08 Å². The van der Waals surface area contributed by atoms with Crippen LogP contribution in [0.1, 0.15) is 11.3 Å². The van der Waals surface area contributed by atoms with Gasteiger partial charge in [0.15, 0.2) is 18.1 Å². The quantitative estimate of drug-likeness (QED) is 0.427. The molecule has 27 heavy (non-hydrogen) atoms. The van der Waals surface area contributed by atoms with Crippen molar-refractivity contribution in [3.63, 3.8) is 0 Å². The molecule has 12 heteroatoms. The zero-order valence-electron chi connectivity index (χ0n) is 13.6. The highest BCUT2D eigenvalue weighted by molar-refractivity contribution is 9.10. The predicted octanol–water partition coefficient (Wildman–Crippen LogP) is 1.38. The molecule has 0 unspecified atom stereocenters. The molecule has 11 nitrogen and oxygen atoms in total. The van der Waals surface area contributed by atoms with E-state index in [0.29, 0.717) is 10.0 Å². The van der Waals surface area contributed by atoms with E-state index in [-0.39, 0.29) is 17.2 Å². The Hall–Kier alpha value is -3.41. The lowest BCUT2D eigenvalue weighted by atomic mass is 10.1. The number of hydrogen-bond donors (Lipinski definition) is 3. The highest BCUT2D eigenvalue weighted by Gasteiger charge is 2.19. The molecule has 0 aliphatic heterocycles. The Bertz CT molecular complexity index is 1040. The van der Waals surface area contributed by atoms with Gasteiger partial charge in [0, 0.05) is 0 Å². The van der Waals surface area contributed by atoms with Crippen molar-refractivity contribution in [3.05, 3.63) is 58.8 Å². The van der Waals surface area contributed by atoms with Crippen LogP contribution in [0.4, 0.5) is 5.69 Å². The van der Waals surface area contributed by atoms with Crippen LogP contribution in [0.25, 0.3) is 12.2 Å². The van der Waals surface area contributed by atoms with E-state index in [0.717, 1.165) is 0 Å². The largest absolute Gasteiger partial charge is 0.493 e. The summed E-state index contributed by atoms with van der Waals surface area (Å²) in [6, 6.07) is 3.02. The van der Waals surface area contributed by atoms with Gasteiger partial charge in [0.05, 0.1) is 16.5 Å². The predicted molar refractivity (Wildman–Crippen MR) is 97.1 cm³/mol. The van der Waals surface area contributed by atoms with Crippen molar-refractivity contribution in [3.8, 4) is 11.5 Å². The van der Waals surface area contributed by atoms with Crippen LogP contribution in [0, 0.1) is 10.1 Å². The lowest BCUT2D eigenvalue weighted by Gasteiger charge is -2.12. The SMILES string of the molecule is COc1cc(/C=C/c2[nH]c(=O)[nH]c(=O)c2[N+](=O)[O-])cc(Br)c1OCC(=O)O. The van der Waals surface area contributed by atoms with Gasteiger partial charge in [0.25, 0.3) is 0 Å². The summed E-state index contributed by atoms with van der Waals surface area (Å²) in [5, 5.41) is 19.7. The third kappa shape index (κ3) is 4.82. The van der Waals surface area contributed by atoms with Crippen molar-refractivity contribution >= 4 is 39.7 Å². The summed E-state index contributed by atoms with van der Waals surface area (Å²) in [4.78, 5) is 47.7. The summed E-state index contributed by atoms with van der Waals surface area (Å²) in [7, 11) is 1.35. The maximum atomic E-state index is 11.6. The molecule has 0 aliphatic rings. The van der Waals surface area contributed by atoms with Gasteiger partial charge in [-0.3, -0.25) is 19.9 Å². The number of hydrogen-bond acceptors (Lipinski definition) is 7. The molecule has 1 aromatic carbocycles. The summed E-state index contributed by atoms with van der Waals surface area (Å²) in [5.41, 5.74) is -2.63. The highest BCUT2D eigenvalue weighted by atomic mass is 79.9. The van der Waals surface area contributed by atoms with E-state index in [1.165, 1.54) is 31.4 Å². The lowest BCUT2D eigenvalue weighted by molar-refractivity contribution is -0.386. The molecule has 0 amide bonds. The number of benzene rings is 1. The number of aromatic nitrogens is 2. The second kappa shape index (κ2) is 8.31. The molecule has 2 aromatic rings. The Kier molecular flexibility index (Phi) is 6.13. The highest BCUT2D eigenvalue weighted by Crippen LogP contribution is 2.37. The summed E-state index contributed by atoms with van der Waals surface area (Å²) in [6.45, 7) is -0.579. The summed E-state index contributed by atoms with van der Waals surface area (Å²) >= 11 is 3.22. The van der Waals surface area contributed by atoms with Gasteiger partial charge in [0.2, 0.25) is 0 Å². The first-order valence-corrected chi connectivity index (χ1v) is 7.93. The Labute approximate surface area is 158 Å². The average Bonchev–Trinajstić information content (AvgIpc) is 2.57. The third-order valence-corrected chi connectivity index (χ3v) is 3.75. The first-order chi connectivity index (χ1) is 12.7. The van der Waals surface area contributed by atoms with E-state index in [9.17, 15) is 24.5 Å². The van der Waals surface area contributed by atoms with Crippen molar-refractivity contribution in [2.45, 2.75) is 0 Å². The molecule has 0 saturated carbocycles. The van der Waals surface area contributed by atoms with Crippen molar-refractivity contribution in [2.75, 3.05) is 13.7 Å². The van der Waals surface area contributed by atoms with Crippen LogP contribution in [0.5, 0.6) is 11.5 Å². The van der Waals surface area contributed by atoms with Gasteiger partial charge >= 0.3 is 22.9 Å². The number of rotatable bonds is 7. The molecule has 0 fully saturated rings. The average molecular weight is 442 g/mol. The molecular formula is C15H12BrN3O8. The number of ether oxygens (including phenoxy) is 2. The Morgan fingerprint density at radius 3 is 2.63 bits per heavy atom.